The highest BCUT2D eigenvalue weighted by Gasteiger charge is 2.13. The Hall–Kier alpha value is -0.260. The number of rotatable bonds is 7. The Morgan fingerprint density at radius 3 is 2.82 bits per heavy atom. The summed E-state index contributed by atoms with van der Waals surface area (Å²) in [7, 11) is 0. The third-order valence-electron chi connectivity index (χ3n) is 3.12. The van der Waals surface area contributed by atoms with Crippen LogP contribution in [0.5, 0.6) is 0 Å². The Balaban J connectivity index is 2.06. The van der Waals surface area contributed by atoms with Gasteiger partial charge in [0.05, 0.1) is 0 Å². The summed E-state index contributed by atoms with van der Waals surface area (Å²) >= 11 is 2.01. The molecule has 1 aliphatic heterocycles. The van der Waals surface area contributed by atoms with Crippen LogP contribution in [0.15, 0.2) is 0 Å². The van der Waals surface area contributed by atoms with E-state index >= 15 is 0 Å². The average molecular weight is 259 g/mol. The van der Waals surface area contributed by atoms with Crippen molar-refractivity contribution in [2.24, 2.45) is 11.7 Å². The summed E-state index contributed by atoms with van der Waals surface area (Å²) < 4.78 is 0. The van der Waals surface area contributed by atoms with Crippen LogP contribution in [0.1, 0.15) is 19.8 Å². The van der Waals surface area contributed by atoms with E-state index in [0.29, 0.717) is 6.54 Å². The maximum atomic E-state index is 11.7. The standard InChI is InChI=1S/C12H25N3OS/c1-11(3-2-4-13)12(16)14-5-6-15-7-9-17-10-8-15/h11H,2-10,13H2,1H3,(H,14,16). The number of amides is 1. The molecule has 1 aliphatic rings. The van der Waals surface area contributed by atoms with Crippen LogP contribution >= 0.6 is 11.8 Å². The Morgan fingerprint density at radius 2 is 2.18 bits per heavy atom. The molecule has 1 atom stereocenters. The molecule has 0 aliphatic carbocycles. The summed E-state index contributed by atoms with van der Waals surface area (Å²) in [5.41, 5.74) is 5.43. The molecule has 4 nitrogen and oxygen atoms in total. The van der Waals surface area contributed by atoms with E-state index in [2.05, 4.69) is 10.2 Å². The molecule has 0 saturated carbocycles. The minimum absolute atomic E-state index is 0.0930. The van der Waals surface area contributed by atoms with Crippen molar-refractivity contribution in [1.82, 2.24) is 10.2 Å². The van der Waals surface area contributed by atoms with Crippen LogP contribution in [0.2, 0.25) is 0 Å². The molecule has 100 valence electrons. The van der Waals surface area contributed by atoms with Crippen molar-refractivity contribution in [3.63, 3.8) is 0 Å². The van der Waals surface area contributed by atoms with Gasteiger partial charge in [-0.25, -0.2) is 0 Å². The van der Waals surface area contributed by atoms with Crippen LogP contribution in [-0.2, 0) is 4.79 Å². The van der Waals surface area contributed by atoms with E-state index in [1.54, 1.807) is 0 Å². The first-order valence-electron chi connectivity index (χ1n) is 6.52. The van der Waals surface area contributed by atoms with Crippen LogP contribution in [0, 0.1) is 5.92 Å². The third-order valence-corrected chi connectivity index (χ3v) is 4.06. The lowest BCUT2D eigenvalue weighted by atomic mass is 10.1. The number of thioether (sulfide) groups is 1. The van der Waals surface area contributed by atoms with E-state index in [4.69, 9.17) is 5.73 Å². The van der Waals surface area contributed by atoms with Crippen LogP contribution in [-0.4, -0.2) is 55.0 Å². The molecule has 0 aromatic heterocycles. The van der Waals surface area contributed by atoms with Crippen molar-refractivity contribution in [2.45, 2.75) is 19.8 Å². The highest BCUT2D eigenvalue weighted by atomic mass is 32.2. The van der Waals surface area contributed by atoms with Crippen LogP contribution < -0.4 is 11.1 Å². The van der Waals surface area contributed by atoms with Gasteiger partial charge in [0, 0.05) is 43.6 Å². The fraction of sp³-hybridized carbons (Fsp3) is 0.917. The first-order chi connectivity index (χ1) is 8.24. The number of hydrogen-bond donors (Lipinski definition) is 2. The van der Waals surface area contributed by atoms with Crippen molar-refractivity contribution in [3.8, 4) is 0 Å². The minimum atomic E-state index is 0.0930. The summed E-state index contributed by atoms with van der Waals surface area (Å²) in [4.78, 5) is 14.1. The van der Waals surface area contributed by atoms with Gasteiger partial charge in [0.15, 0.2) is 0 Å². The second-order valence-electron chi connectivity index (χ2n) is 4.58. The zero-order chi connectivity index (χ0) is 12.5. The summed E-state index contributed by atoms with van der Waals surface area (Å²) in [6.07, 6.45) is 1.82. The van der Waals surface area contributed by atoms with Crippen molar-refractivity contribution < 1.29 is 4.79 Å². The predicted molar refractivity (Wildman–Crippen MR) is 74.2 cm³/mol. The largest absolute Gasteiger partial charge is 0.355 e. The van der Waals surface area contributed by atoms with Crippen LogP contribution in [0.3, 0.4) is 0 Å². The van der Waals surface area contributed by atoms with E-state index in [1.807, 2.05) is 18.7 Å². The molecule has 1 saturated heterocycles. The SMILES string of the molecule is CC(CCCN)C(=O)NCCN1CCSCC1. The Morgan fingerprint density at radius 1 is 1.47 bits per heavy atom. The third kappa shape index (κ3) is 6.29. The lowest BCUT2D eigenvalue weighted by Gasteiger charge is -2.26. The number of carbonyl (C=O) groups excluding carboxylic acids is 1. The topological polar surface area (TPSA) is 58.4 Å². The molecule has 17 heavy (non-hydrogen) atoms. The maximum absolute atomic E-state index is 11.7. The zero-order valence-electron chi connectivity index (χ0n) is 10.8. The Kier molecular flexibility index (Phi) is 7.64. The van der Waals surface area contributed by atoms with Gasteiger partial charge in [-0.05, 0) is 19.4 Å². The van der Waals surface area contributed by atoms with Crippen molar-refractivity contribution >= 4 is 17.7 Å². The van der Waals surface area contributed by atoms with Crippen molar-refractivity contribution in [3.05, 3.63) is 0 Å². The number of carbonyl (C=O) groups is 1. The summed E-state index contributed by atoms with van der Waals surface area (Å²) in [6.45, 7) is 6.71. The van der Waals surface area contributed by atoms with Gasteiger partial charge in [-0.2, -0.15) is 11.8 Å². The van der Waals surface area contributed by atoms with E-state index in [-0.39, 0.29) is 11.8 Å². The molecule has 5 heteroatoms. The molecule has 3 N–H and O–H groups in total. The number of hydrogen-bond acceptors (Lipinski definition) is 4. The highest BCUT2D eigenvalue weighted by Crippen LogP contribution is 2.08. The summed E-state index contributed by atoms with van der Waals surface area (Å²) in [6, 6.07) is 0. The van der Waals surface area contributed by atoms with E-state index in [9.17, 15) is 4.79 Å². The molecule has 1 amide bonds. The fourth-order valence-electron chi connectivity index (χ4n) is 1.89. The maximum Gasteiger partial charge on any atom is 0.222 e. The molecule has 0 radical (unpaired) electrons. The fourth-order valence-corrected chi connectivity index (χ4v) is 2.87. The number of nitrogens with one attached hydrogen (secondary N) is 1. The minimum Gasteiger partial charge on any atom is -0.355 e. The summed E-state index contributed by atoms with van der Waals surface area (Å²) in [5.74, 6) is 2.71. The normalized spacial score (nSPS) is 18.9. The van der Waals surface area contributed by atoms with E-state index < -0.39 is 0 Å². The van der Waals surface area contributed by atoms with E-state index in [0.717, 1.165) is 39.0 Å². The smallest absolute Gasteiger partial charge is 0.222 e. The molecule has 1 fully saturated rings. The Bertz CT molecular complexity index is 220. The second kappa shape index (κ2) is 8.78. The molecular weight excluding hydrogens is 234 g/mol. The molecule has 1 unspecified atom stereocenters. The van der Waals surface area contributed by atoms with Crippen LogP contribution in [0.4, 0.5) is 0 Å². The van der Waals surface area contributed by atoms with Crippen LogP contribution in [0.25, 0.3) is 0 Å². The quantitative estimate of drug-likeness (QED) is 0.700. The first kappa shape index (κ1) is 14.8. The molecule has 1 heterocycles. The lowest BCUT2D eigenvalue weighted by molar-refractivity contribution is -0.124. The van der Waals surface area contributed by atoms with Crippen molar-refractivity contribution in [1.29, 1.82) is 0 Å². The molecule has 0 spiro atoms. The zero-order valence-corrected chi connectivity index (χ0v) is 11.6. The molecule has 1 rings (SSSR count). The van der Waals surface area contributed by atoms with Gasteiger partial charge in [0.1, 0.15) is 0 Å². The van der Waals surface area contributed by atoms with Crippen molar-refractivity contribution in [2.75, 3.05) is 44.2 Å². The Labute approximate surface area is 109 Å². The first-order valence-corrected chi connectivity index (χ1v) is 7.67. The second-order valence-corrected chi connectivity index (χ2v) is 5.80. The van der Waals surface area contributed by atoms with Gasteiger partial charge < -0.3 is 11.1 Å². The van der Waals surface area contributed by atoms with Gasteiger partial charge in [-0.3, -0.25) is 9.69 Å². The average Bonchev–Trinajstić information content (AvgIpc) is 2.37. The van der Waals surface area contributed by atoms with Gasteiger partial charge in [-0.15, -0.1) is 0 Å². The molecule has 0 aromatic rings. The van der Waals surface area contributed by atoms with E-state index in [1.165, 1.54) is 11.5 Å². The number of nitrogens with two attached hydrogens (primary N) is 1. The molecule has 0 bridgehead atoms. The molecular formula is C12H25N3OS. The van der Waals surface area contributed by atoms with Gasteiger partial charge in [0.2, 0.25) is 5.91 Å². The van der Waals surface area contributed by atoms with Gasteiger partial charge >= 0.3 is 0 Å². The highest BCUT2D eigenvalue weighted by molar-refractivity contribution is 7.99. The molecule has 0 aromatic carbocycles. The number of nitrogens with zero attached hydrogens (tertiary/aromatic N) is 1. The van der Waals surface area contributed by atoms with Gasteiger partial charge in [-0.1, -0.05) is 6.92 Å². The summed E-state index contributed by atoms with van der Waals surface area (Å²) in [5, 5.41) is 3.01. The monoisotopic (exact) mass is 259 g/mol. The predicted octanol–water partition coefficient (Wildman–Crippen LogP) is 0.526. The van der Waals surface area contributed by atoms with Gasteiger partial charge in [0.25, 0.3) is 0 Å². The lowest BCUT2D eigenvalue weighted by Crippen LogP contribution is -2.40.